The highest BCUT2D eigenvalue weighted by Crippen LogP contribution is 2.22. The molecule has 1 aliphatic heterocycles. The summed E-state index contributed by atoms with van der Waals surface area (Å²) in [7, 11) is 4.06. The molecular weight excluding hydrogens is 376 g/mol. The Bertz CT molecular complexity index is 722. The topological polar surface area (TPSA) is 45.2 Å². The third-order valence-electron chi connectivity index (χ3n) is 4.84. The molecule has 0 bridgehead atoms. The van der Waals surface area contributed by atoms with E-state index in [1.807, 2.05) is 38.4 Å². The molecule has 2 atom stereocenters. The molecule has 0 aliphatic carbocycles. The van der Waals surface area contributed by atoms with Gasteiger partial charge in [0.25, 0.3) is 0 Å². The highest BCUT2D eigenvalue weighted by molar-refractivity contribution is 6.30. The number of nitrogens with zero attached hydrogens (tertiary/aromatic N) is 2. The van der Waals surface area contributed by atoms with Crippen LogP contribution < -0.4 is 9.47 Å². The van der Waals surface area contributed by atoms with Gasteiger partial charge < -0.3 is 19.5 Å². The Balaban J connectivity index is 1.45. The first-order valence-electron chi connectivity index (χ1n) is 9.69. The highest BCUT2D eigenvalue weighted by atomic mass is 35.5. The monoisotopic (exact) mass is 404 g/mol. The molecule has 0 unspecified atom stereocenters. The van der Waals surface area contributed by atoms with Gasteiger partial charge in [0.1, 0.15) is 30.3 Å². The number of likely N-dealkylation sites (N-methyl/N-ethyl adjacent to an activating group) is 1. The average molecular weight is 405 g/mol. The molecule has 2 aromatic carbocycles. The van der Waals surface area contributed by atoms with Crippen molar-refractivity contribution < 1.29 is 14.6 Å². The fourth-order valence-electron chi connectivity index (χ4n) is 3.24. The maximum absolute atomic E-state index is 10.5. The quantitative estimate of drug-likeness (QED) is 0.731. The molecule has 1 aliphatic rings. The Morgan fingerprint density at radius 2 is 1.75 bits per heavy atom. The number of aliphatic hydroxyl groups is 1. The van der Waals surface area contributed by atoms with Gasteiger partial charge in [0.15, 0.2) is 0 Å². The van der Waals surface area contributed by atoms with Crippen LogP contribution in [0, 0.1) is 0 Å². The number of β-amino-alcohol motifs (C(OH)–C–C–N with tert-alkyl or cyclic N) is 1. The molecule has 1 fully saturated rings. The number of benzene rings is 2. The van der Waals surface area contributed by atoms with Crippen LogP contribution in [0.15, 0.2) is 48.5 Å². The first-order chi connectivity index (χ1) is 13.5. The van der Waals surface area contributed by atoms with E-state index in [2.05, 4.69) is 21.9 Å². The molecule has 5 nitrogen and oxygen atoms in total. The van der Waals surface area contributed by atoms with Crippen molar-refractivity contribution in [2.75, 3.05) is 40.3 Å². The minimum atomic E-state index is -0.516. The maximum atomic E-state index is 10.5. The van der Waals surface area contributed by atoms with Gasteiger partial charge in [0, 0.05) is 31.2 Å². The summed E-state index contributed by atoms with van der Waals surface area (Å²) in [5.74, 6) is 1.63. The minimum absolute atomic E-state index is 0.190. The van der Waals surface area contributed by atoms with Crippen LogP contribution in [-0.4, -0.2) is 67.5 Å². The van der Waals surface area contributed by atoms with Crippen molar-refractivity contribution in [3.63, 3.8) is 0 Å². The van der Waals surface area contributed by atoms with Gasteiger partial charge in [-0.05, 0) is 62.5 Å². The third-order valence-corrected chi connectivity index (χ3v) is 5.09. The minimum Gasteiger partial charge on any atom is -0.492 e. The van der Waals surface area contributed by atoms with E-state index in [0.717, 1.165) is 37.6 Å². The summed E-state index contributed by atoms with van der Waals surface area (Å²) in [5, 5.41) is 11.2. The molecule has 0 radical (unpaired) electrons. The first-order valence-corrected chi connectivity index (χ1v) is 10.1. The first kappa shape index (κ1) is 20.9. The van der Waals surface area contributed by atoms with E-state index < -0.39 is 6.10 Å². The summed E-state index contributed by atoms with van der Waals surface area (Å²) in [6.45, 7) is 3.87. The summed E-state index contributed by atoms with van der Waals surface area (Å²) in [6, 6.07) is 15.5. The van der Waals surface area contributed by atoms with E-state index in [1.165, 1.54) is 5.56 Å². The van der Waals surface area contributed by atoms with Gasteiger partial charge >= 0.3 is 0 Å². The number of hydrogen-bond donors (Lipinski definition) is 1. The zero-order valence-electron chi connectivity index (χ0n) is 16.6. The van der Waals surface area contributed by atoms with E-state index in [-0.39, 0.29) is 6.10 Å². The standard InChI is InChI=1S/C22H29ClN2O3/c1-24(2)13-14-27-19-7-3-17(4-8-19)15-25-12-11-22(21(26)16-25)28-20-9-5-18(23)6-10-20/h3-10,21-22,26H,11-16H2,1-2H3/t21-,22-/m1/s1. The predicted octanol–water partition coefficient (Wildman–Crippen LogP) is 3.29. The molecule has 3 rings (SSSR count). The SMILES string of the molecule is CN(C)CCOc1ccc(CN2CC[C@@H](Oc3ccc(Cl)cc3)[C@H](O)C2)cc1. The molecule has 6 heteroatoms. The van der Waals surface area contributed by atoms with Crippen LogP contribution in [0.3, 0.4) is 0 Å². The highest BCUT2D eigenvalue weighted by Gasteiger charge is 2.29. The second-order valence-corrected chi connectivity index (χ2v) is 7.93. The van der Waals surface area contributed by atoms with Crippen molar-refractivity contribution in [3.05, 3.63) is 59.1 Å². The zero-order chi connectivity index (χ0) is 19.9. The second-order valence-electron chi connectivity index (χ2n) is 7.50. The van der Waals surface area contributed by atoms with Crippen LogP contribution in [0.4, 0.5) is 0 Å². The van der Waals surface area contributed by atoms with E-state index in [0.29, 0.717) is 18.2 Å². The van der Waals surface area contributed by atoms with E-state index in [9.17, 15) is 5.11 Å². The molecule has 1 heterocycles. The van der Waals surface area contributed by atoms with Crippen LogP contribution in [-0.2, 0) is 6.54 Å². The van der Waals surface area contributed by atoms with Crippen LogP contribution in [0.2, 0.25) is 5.02 Å². The lowest BCUT2D eigenvalue weighted by Crippen LogP contribution is -2.48. The van der Waals surface area contributed by atoms with E-state index in [4.69, 9.17) is 21.1 Å². The van der Waals surface area contributed by atoms with Crippen molar-refractivity contribution in [3.8, 4) is 11.5 Å². The lowest BCUT2D eigenvalue weighted by Gasteiger charge is -2.36. The molecule has 2 aromatic rings. The van der Waals surface area contributed by atoms with Gasteiger partial charge in [0.2, 0.25) is 0 Å². The maximum Gasteiger partial charge on any atom is 0.127 e. The Labute approximate surface area is 172 Å². The lowest BCUT2D eigenvalue weighted by atomic mass is 10.0. The van der Waals surface area contributed by atoms with Gasteiger partial charge in [-0.15, -0.1) is 0 Å². The van der Waals surface area contributed by atoms with Crippen molar-refractivity contribution >= 4 is 11.6 Å². The largest absolute Gasteiger partial charge is 0.492 e. The Hall–Kier alpha value is -1.79. The van der Waals surface area contributed by atoms with Crippen LogP contribution in [0.5, 0.6) is 11.5 Å². The summed E-state index contributed by atoms with van der Waals surface area (Å²) in [4.78, 5) is 4.36. The molecular formula is C22H29ClN2O3. The number of ether oxygens (including phenoxy) is 2. The van der Waals surface area contributed by atoms with Crippen molar-refractivity contribution in [1.29, 1.82) is 0 Å². The number of likely N-dealkylation sites (tertiary alicyclic amines) is 1. The van der Waals surface area contributed by atoms with Crippen molar-refractivity contribution in [1.82, 2.24) is 9.80 Å². The Morgan fingerprint density at radius 1 is 1.07 bits per heavy atom. The van der Waals surface area contributed by atoms with Gasteiger partial charge in [-0.2, -0.15) is 0 Å². The normalized spacial score (nSPS) is 20.3. The van der Waals surface area contributed by atoms with Gasteiger partial charge in [-0.3, -0.25) is 4.90 Å². The van der Waals surface area contributed by atoms with Crippen LogP contribution >= 0.6 is 11.6 Å². The van der Waals surface area contributed by atoms with Crippen molar-refractivity contribution in [2.24, 2.45) is 0 Å². The molecule has 152 valence electrons. The van der Waals surface area contributed by atoms with Gasteiger partial charge in [0.05, 0.1) is 0 Å². The molecule has 0 spiro atoms. The molecule has 0 aromatic heterocycles. The number of hydrogen-bond acceptors (Lipinski definition) is 5. The fourth-order valence-corrected chi connectivity index (χ4v) is 3.37. The molecule has 0 saturated carbocycles. The molecule has 1 N–H and O–H groups in total. The van der Waals surface area contributed by atoms with Gasteiger partial charge in [-0.1, -0.05) is 23.7 Å². The molecule has 28 heavy (non-hydrogen) atoms. The van der Waals surface area contributed by atoms with Crippen molar-refractivity contribution in [2.45, 2.75) is 25.2 Å². The second kappa shape index (κ2) is 10.1. The Morgan fingerprint density at radius 3 is 2.39 bits per heavy atom. The number of aliphatic hydroxyl groups excluding tert-OH is 1. The average Bonchev–Trinajstić information content (AvgIpc) is 2.67. The number of rotatable bonds is 8. The summed E-state index contributed by atoms with van der Waals surface area (Å²) in [5.41, 5.74) is 1.21. The molecule has 1 saturated heterocycles. The van der Waals surface area contributed by atoms with E-state index in [1.54, 1.807) is 12.1 Å². The fraction of sp³-hybridized carbons (Fsp3) is 0.455. The predicted molar refractivity (Wildman–Crippen MR) is 112 cm³/mol. The van der Waals surface area contributed by atoms with E-state index >= 15 is 0 Å². The number of halogens is 1. The summed E-state index contributed by atoms with van der Waals surface area (Å²) < 4.78 is 11.7. The molecule has 0 amide bonds. The number of piperidine rings is 1. The Kier molecular flexibility index (Phi) is 7.57. The van der Waals surface area contributed by atoms with Crippen LogP contribution in [0.1, 0.15) is 12.0 Å². The smallest absolute Gasteiger partial charge is 0.127 e. The summed E-state index contributed by atoms with van der Waals surface area (Å²) >= 11 is 5.90. The van der Waals surface area contributed by atoms with Crippen LogP contribution in [0.25, 0.3) is 0 Å². The third kappa shape index (κ3) is 6.38. The lowest BCUT2D eigenvalue weighted by molar-refractivity contribution is -0.0275. The summed E-state index contributed by atoms with van der Waals surface area (Å²) in [6.07, 6.45) is 0.0816. The van der Waals surface area contributed by atoms with Gasteiger partial charge in [-0.25, -0.2) is 0 Å². The zero-order valence-corrected chi connectivity index (χ0v) is 17.3.